The number of aromatic nitrogens is 2. The molecule has 0 saturated heterocycles. The highest BCUT2D eigenvalue weighted by atomic mass is 16.6. The summed E-state index contributed by atoms with van der Waals surface area (Å²) < 4.78 is 11.9. The van der Waals surface area contributed by atoms with E-state index in [2.05, 4.69) is 10.4 Å². The zero-order valence-corrected chi connectivity index (χ0v) is 12.9. The van der Waals surface area contributed by atoms with Crippen molar-refractivity contribution in [1.29, 1.82) is 0 Å². The van der Waals surface area contributed by atoms with Crippen LogP contribution in [0.25, 0.3) is 0 Å². The molecule has 2 N–H and O–H groups in total. The van der Waals surface area contributed by atoms with Gasteiger partial charge in [-0.25, -0.2) is 4.68 Å². The van der Waals surface area contributed by atoms with Crippen LogP contribution in [0.1, 0.15) is 5.56 Å². The summed E-state index contributed by atoms with van der Waals surface area (Å²) in [5.41, 5.74) is 0.139. The SMILES string of the molecule is O=C(Cn1[nH]c(=O)ccc1=O)NCCc1ccc2c(c1)OCCO2. The predicted octanol–water partition coefficient (Wildman–Crippen LogP) is -0.333. The minimum atomic E-state index is -0.434. The number of aromatic amines is 1. The molecular weight excluding hydrogens is 314 g/mol. The zero-order chi connectivity index (χ0) is 16.9. The first-order valence-corrected chi connectivity index (χ1v) is 7.57. The average Bonchev–Trinajstić information content (AvgIpc) is 2.58. The van der Waals surface area contributed by atoms with Crippen molar-refractivity contribution in [2.45, 2.75) is 13.0 Å². The summed E-state index contributed by atoms with van der Waals surface area (Å²) in [5.74, 6) is 1.08. The Labute approximate surface area is 137 Å². The van der Waals surface area contributed by atoms with Gasteiger partial charge < -0.3 is 14.8 Å². The number of nitrogens with one attached hydrogen (secondary N) is 2. The van der Waals surface area contributed by atoms with Crippen molar-refractivity contribution < 1.29 is 14.3 Å². The van der Waals surface area contributed by atoms with Crippen LogP contribution in [0.2, 0.25) is 0 Å². The van der Waals surface area contributed by atoms with Gasteiger partial charge in [0.05, 0.1) is 0 Å². The molecule has 1 aliphatic heterocycles. The van der Waals surface area contributed by atoms with Crippen molar-refractivity contribution >= 4 is 5.91 Å². The van der Waals surface area contributed by atoms with Crippen molar-refractivity contribution in [2.24, 2.45) is 0 Å². The van der Waals surface area contributed by atoms with E-state index in [1.54, 1.807) is 0 Å². The van der Waals surface area contributed by atoms with Gasteiger partial charge in [0, 0.05) is 18.7 Å². The van der Waals surface area contributed by atoms with Gasteiger partial charge in [0.2, 0.25) is 5.91 Å². The Morgan fingerprint density at radius 2 is 1.92 bits per heavy atom. The number of rotatable bonds is 5. The monoisotopic (exact) mass is 331 g/mol. The quantitative estimate of drug-likeness (QED) is 0.781. The second-order valence-electron chi connectivity index (χ2n) is 5.31. The van der Waals surface area contributed by atoms with Gasteiger partial charge >= 0.3 is 0 Å². The summed E-state index contributed by atoms with van der Waals surface area (Å²) in [6.07, 6.45) is 0.614. The highest BCUT2D eigenvalue weighted by molar-refractivity contribution is 5.75. The summed E-state index contributed by atoms with van der Waals surface area (Å²) in [7, 11) is 0. The van der Waals surface area contributed by atoms with E-state index in [0.29, 0.717) is 31.9 Å². The summed E-state index contributed by atoms with van der Waals surface area (Å²) in [5, 5.41) is 5.02. The number of hydrogen-bond acceptors (Lipinski definition) is 5. The Morgan fingerprint density at radius 1 is 1.12 bits per heavy atom. The van der Waals surface area contributed by atoms with E-state index < -0.39 is 11.1 Å². The lowest BCUT2D eigenvalue weighted by Crippen LogP contribution is -2.36. The lowest BCUT2D eigenvalue weighted by molar-refractivity contribution is -0.121. The first-order chi connectivity index (χ1) is 11.6. The van der Waals surface area contributed by atoms with E-state index in [1.807, 2.05) is 18.2 Å². The predicted molar refractivity (Wildman–Crippen MR) is 85.5 cm³/mol. The first-order valence-electron chi connectivity index (χ1n) is 7.57. The van der Waals surface area contributed by atoms with E-state index in [9.17, 15) is 14.4 Å². The molecule has 126 valence electrons. The van der Waals surface area contributed by atoms with E-state index >= 15 is 0 Å². The fourth-order valence-corrected chi connectivity index (χ4v) is 2.37. The number of nitrogens with zero attached hydrogens (tertiary/aromatic N) is 1. The van der Waals surface area contributed by atoms with Crippen LogP contribution < -0.4 is 25.9 Å². The standard InChI is InChI=1S/C16H17N3O5/c20-14-3-4-16(22)19(18-14)10-15(21)17-6-5-11-1-2-12-13(9-11)24-8-7-23-12/h1-4,9H,5-8,10H2,(H,17,21)(H,18,20). The molecule has 0 spiro atoms. The molecule has 8 heteroatoms. The molecule has 0 aliphatic carbocycles. The van der Waals surface area contributed by atoms with Crippen molar-refractivity contribution in [2.75, 3.05) is 19.8 Å². The number of carbonyl (C=O) groups is 1. The largest absolute Gasteiger partial charge is 0.486 e. The minimum Gasteiger partial charge on any atom is -0.486 e. The number of fused-ring (bicyclic) bond motifs is 1. The topological polar surface area (TPSA) is 102 Å². The van der Waals surface area contributed by atoms with Gasteiger partial charge in [-0.15, -0.1) is 0 Å². The maximum absolute atomic E-state index is 11.9. The number of ether oxygens (including phenoxy) is 2. The van der Waals surface area contributed by atoms with Gasteiger partial charge in [-0.2, -0.15) is 0 Å². The smallest absolute Gasteiger partial charge is 0.265 e. The maximum atomic E-state index is 11.9. The van der Waals surface area contributed by atoms with Crippen molar-refractivity contribution in [3.63, 3.8) is 0 Å². The molecule has 1 aromatic carbocycles. The molecular formula is C16H17N3O5. The van der Waals surface area contributed by atoms with Crippen LogP contribution in [0.5, 0.6) is 11.5 Å². The average molecular weight is 331 g/mol. The molecule has 0 bridgehead atoms. The Hall–Kier alpha value is -3.03. The molecule has 1 amide bonds. The Kier molecular flexibility index (Phi) is 4.64. The third kappa shape index (κ3) is 3.83. The van der Waals surface area contributed by atoms with Gasteiger partial charge in [-0.3, -0.25) is 19.5 Å². The molecule has 0 atom stereocenters. The lowest BCUT2D eigenvalue weighted by atomic mass is 10.1. The van der Waals surface area contributed by atoms with Gasteiger partial charge in [0.15, 0.2) is 11.5 Å². The van der Waals surface area contributed by atoms with Gasteiger partial charge in [-0.05, 0) is 24.1 Å². The van der Waals surface area contributed by atoms with Crippen molar-refractivity contribution in [3.8, 4) is 11.5 Å². The summed E-state index contributed by atoms with van der Waals surface area (Å²) in [6.45, 7) is 1.25. The molecule has 1 aromatic heterocycles. The molecule has 2 aromatic rings. The molecule has 0 fully saturated rings. The third-order valence-corrected chi connectivity index (χ3v) is 3.53. The van der Waals surface area contributed by atoms with Crippen LogP contribution in [0, 0.1) is 0 Å². The summed E-state index contributed by atoms with van der Waals surface area (Å²) in [4.78, 5) is 34.6. The fourth-order valence-electron chi connectivity index (χ4n) is 2.37. The zero-order valence-electron chi connectivity index (χ0n) is 12.9. The van der Waals surface area contributed by atoms with E-state index in [4.69, 9.17) is 9.47 Å². The van der Waals surface area contributed by atoms with Gasteiger partial charge in [0.25, 0.3) is 11.1 Å². The van der Waals surface area contributed by atoms with E-state index in [1.165, 1.54) is 0 Å². The first kappa shape index (κ1) is 15.9. The Bertz CT molecular complexity index is 855. The van der Waals surface area contributed by atoms with Crippen LogP contribution in [0.15, 0.2) is 39.9 Å². The van der Waals surface area contributed by atoms with E-state index in [0.717, 1.165) is 28.1 Å². The second kappa shape index (κ2) is 7.03. The third-order valence-electron chi connectivity index (χ3n) is 3.53. The summed E-state index contributed by atoms with van der Waals surface area (Å²) in [6, 6.07) is 7.90. The van der Waals surface area contributed by atoms with Crippen molar-refractivity contribution in [3.05, 3.63) is 56.6 Å². The molecule has 2 heterocycles. The molecule has 8 nitrogen and oxygen atoms in total. The number of carbonyl (C=O) groups excluding carboxylic acids is 1. The van der Waals surface area contributed by atoms with Crippen LogP contribution >= 0.6 is 0 Å². The molecule has 3 rings (SSSR count). The second-order valence-corrected chi connectivity index (χ2v) is 5.31. The lowest BCUT2D eigenvalue weighted by Gasteiger charge is -2.18. The molecule has 1 aliphatic rings. The molecule has 0 radical (unpaired) electrons. The van der Waals surface area contributed by atoms with Gasteiger partial charge in [0.1, 0.15) is 19.8 Å². The van der Waals surface area contributed by atoms with Crippen molar-refractivity contribution in [1.82, 2.24) is 15.1 Å². The number of amides is 1. The molecule has 24 heavy (non-hydrogen) atoms. The highest BCUT2D eigenvalue weighted by Crippen LogP contribution is 2.30. The Balaban J connectivity index is 1.52. The Morgan fingerprint density at radius 3 is 2.75 bits per heavy atom. The van der Waals surface area contributed by atoms with Gasteiger partial charge in [-0.1, -0.05) is 6.07 Å². The number of benzene rings is 1. The summed E-state index contributed by atoms with van der Waals surface area (Å²) >= 11 is 0. The van der Waals surface area contributed by atoms with Crippen LogP contribution in [0.3, 0.4) is 0 Å². The maximum Gasteiger partial charge on any atom is 0.265 e. The molecule has 0 unspecified atom stereocenters. The molecule has 0 saturated carbocycles. The normalized spacial score (nSPS) is 12.7. The van der Waals surface area contributed by atoms with Crippen LogP contribution in [0.4, 0.5) is 0 Å². The highest BCUT2D eigenvalue weighted by Gasteiger charge is 2.11. The fraction of sp³-hybridized carbons (Fsp3) is 0.312. The van der Waals surface area contributed by atoms with Crippen LogP contribution in [-0.2, 0) is 17.8 Å². The number of hydrogen-bond donors (Lipinski definition) is 2. The minimum absolute atomic E-state index is 0.226. The van der Waals surface area contributed by atoms with E-state index in [-0.39, 0.29) is 12.5 Å². The number of H-pyrrole nitrogens is 1. The van der Waals surface area contributed by atoms with Crippen LogP contribution in [-0.4, -0.2) is 35.4 Å².